The summed E-state index contributed by atoms with van der Waals surface area (Å²) in [6.07, 6.45) is 4.69. The van der Waals surface area contributed by atoms with E-state index in [1.807, 2.05) is 0 Å². The number of unbranched alkanes of at least 4 members (excludes halogenated alkanes) is 4. The number of carbonyl (C=O) groups is 3. The number of carboxylic acids is 2. The summed E-state index contributed by atoms with van der Waals surface area (Å²) in [5.74, 6) is -6.62. The molecule has 6 nitrogen and oxygen atoms in total. The van der Waals surface area contributed by atoms with E-state index in [0.717, 1.165) is 25.7 Å². The van der Waals surface area contributed by atoms with Crippen molar-refractivity contribution >= 4 is 17.9 Å². The van der Waals surface area contributed by atoms with Crippen molar-refractivity contribution < 1.29 is 29.3 Å². The van der Waals surface area contributed by atoms with Crippen molar-refractivity contribution in [2.75, 3.05) is 0 Å². The van der Waals surface area contributed by atoms with E-state index < -0.39 is 35.3 Å². The second-order valence-electron chi connectivity index (χ2n) is 6.50. The third-order valence-corrected chi connectivity index (χ3v) is 3.27. The molecular weight excluding hydrogens is 288 g/mol. The number of ether oxygens (including phenoxy) is 1. The average molecular weight is 316 g/mol. The lowest BCUT2D eigenvalue weighted by Gasteiger charge is -2.25. The fourth-order valence-electron chi connectivity index (χ4n) is 2.20. The fraction of sp³-hybridized carbons (Fsp3) is 0.812. The van der Waals surface area contributed by atoms with E-state index in [2.05, 4.69) is 6.92 Å². The van der Waals surface area contributed by atoms with Crippen LogP contribution in [0.15, 0.2) is 0 Å². The van der Waals surface area contributed by atoms with Crippen LogP contribution in [0.4, 0.5) is 0 Å². The molecule has 0 aromatic heterocycles. The molecule has 0 bridgehead atoms. The van der Waals surface area contributed by atoms with Gasteiger partial charge in [0, 0.05) is 0 Å². The number of carboxylic acid groups (broad SMARTS) is 2. The molecule has 0 aromatic rings. The molecule has 2 atom stereocenters. The first-order valence-electron chi connectivity index (χ1n) is 7.78. The zero-order valence-electron chi connectivity index (χ0n) is 13.9. The van der Waals surface area contributed by atoms with Gasteiger partial charge in [-0.05, 0) is 27.2 Å². The summed E-state index contributed by atoms with van der Waals surface area (Å²) >= 11 is 0. The van der Waals surface area contributed by atoms with E-state index in [9.17, 15) is 24.6 Å². The predicted molar refractivity (Wildman–Crippen MR) is 81.5 cm³/mol. The van der Waals surface area contributed by atoms with Gasteiger partial charge in [0.05, 0.1) is 5.92 Å². The molecule has 0 spiro atoms. The second-order valence-corrected chi connectivity index (χ2v) is 6.50. The summed E-state index contributed by atoms with van der Waals surface area (Å²) in [5.41, 5.74) is -0.852. The number of hydrogen-bond acceptors (Lipinski definition) is 4. The number of aliphatic carboxylic acids is 2. The zero-order chi connectivity index (χ0) is 17.3. The Morgan fingerprint density at radius 3 is 1.91 bits per heavy atom. The van der Waals surface area contributed by atoms with Crippen LogP contribution in [0.1, 0.15) is 66.2 Å². The lowest BCUT2D eigenvalue weighted by molar-refractivity contribution is -0.174. The van der Waals surface area contributed by atoms with Crippen LogP contribution in [0, 0.1) is 11.8 Å². The van der Waals surface area contributed by atoms with Crippen molar-refractivity contribution in [1.29, 1.82) is 0 Å². The van der Waals surface area contributed by atoms with E-state index in [1.165, 1.54) is 0 Å². The summed E-state index contributed by atoms with van der Waals surface area (Å²) in [7, 11) is 0. The van der Waals surface area contributed by atoms with Gasteiger partial charge in [0.2, 0.25) is 0 Å². The van der Waals surface area contributed by atoms with Crippen LogP contribution in [0.5, 0.6) is 0 Å². The van der Waals surface area contributed by atoms with Crippen LogP contribution >= 0.6 is 0 Å². The Hall–Kier alpha value is -1.59. The monoisotopic (exact) mass is 316 g/mol. The van der Waals surface area contributed by atoms with Crippen molar-refractivity contribution in [2.24, 2.45) is 11.8 Å². The van der Waals surface area contributed by atoms with Crippen molar-refractivity contribution in [3.8, 4) is 0 Å². The first-order valence-corrected chi connectivity index (χ1v) is 7.78. The number of esters is 1. The largest absolute Gasteiger partial charge is 0.481 e. The standard InChI is InChI=1S/C16H28O6/c1-5-6-7-8-9-10-11(13(17)18)12(14(19)20)15(21)22-16(2,3)4/h11-12H,5-10H2,1-4H3,(H,17,18)(H,19,20)/t11-,12?/m1/s1. The topological polar surface area (TPSA) is 101 Å². The van der Waals surface area contributed by atoms with Crippen LogP contribution in [0.25, 0.3) is 0 Å². The molecule has 1 unspecified atom stereocenters. The summed E-state index contributed by atoms with van der Waals surface area (Å²) in [6, 6.07) is 0. The van der Waals surface area contributed by atoms with Crippen LogP contribution in [0.3, 0.4) is 0 Å². The first kappa shape index (κ1) is 20.4. The normalized spacial score (nSPS) is 14.2. The maximum Gasteiger partial charge on any atom is 0.321 e. The Morgan fingerprint density at radius 1 is 0.955 bits per heavy atom. The van der Waals surface area contributed by atoms with E-state index in [0.29, 0.717) is 6.42 Å². The number of hydrogen-bond donors (Lipinski definition) is 2. The summed E-state index contributed by atoms with van der Waals surface area (Å²) in [5, 5.41) is 18.5. The van der Waals surface area contributed by atoms with Crippen LogP contribution in [-0.4, -0.2) is 33.7 Å². The maximum atomic E-state index is 12.0. The van der Waals surface area contributed by atoms with Crippen LogP contribution < -0.4 is 0 Å². The molecule has 0 fully saturated rings. The summed E-state index contributed by atoms with van der Waals surface area (Å²) < 4.78 is 5.05. The SMILES string of the molecule is CCCCCCC[C@@H](C(=O)O)C(C(=O)O)C(=O)OC(C)(C)C. The molecule has 0 heterocycles. The van der Waals surface area contributed by atoms with Gasteiger partial charge in [0.15, 0.2) is 5.92 Å². The van der Waals surface area contributed by atoms with Gasteiger partial charge in [0.25, 0.3) is 0 Å². The Bertz CT molecular complexity index is 383. The molecule has 0 aliphatic heterocycles. The van der Waals surface area contributed by atoms with Crippen molar-refractivity contribution in [2.45, 2.75) is 71.8 Å². The molecule has 0 radical (unpaired) electrons. The highest BCUT2D eigenvalue weighted by molar-refractivity contribution is 5.98. The van der Waals surface area contributed by atoms with E-state index in [-0.39, 0.29) is 6.42 Å². The second kappa shape index (κ2) is 9.43. The van der Waals surface area contributed by atoms with Crippen molar-refractivity contribution in [3.63, 3.8) is 0 Å². The quantitative estimate of drug-likeness (QED) is 0.365. The van der Waals surface area contributed by atoms with Gasteiger partial charge in [-0.15, -0.1) is 0 Å². The molecule has 0 aliphatic carbocycles. The summed E-state index contributed by atoms with van der Waals surface area (Å²) in [6.45, 7) is 6.92. The van der Waals surface area contributed by atoms with Crippen molar-refractivity contribution in [3.05, 3.63) is 0 Å². The molecule has 6 heteroatoms. The molecule has 0 amide bonds. The number of rotatable bonds is 10. The molecular formula is C16H28O6. The highest BCUT2D eigenvalue weighted by Gasteiger charge is 2.41. The Kier molecular flexibility index (Phi) is 8.75. The van der Waals surface area contributed by atoms with E-state index >= 15 is 0 Å². The molecule has 0 saturated carbocycles. The van der Waals surface area contributed by atoms with Crippen LogP contribution in [-0.2, 0) is 19.1 Å². The van der Waals surface area contributed by atoms with E-state index in [4.69, 9.17) is 4.74 Å². The minimum Gasteiger partial charge on any atom is -0.481 e. The van der Waals surface area contributed by atoms with E-state index in [1.54, 1.807) is 20.8 Å². The minimum absolute atomic E-state index is 0.162. The molecule has 0 aliphatic rings. The van der Waals surface area contributed by atoms with Gasteiger partial charge in [-0.1, -0.05) is 39.0 Å². The van der Waals surface area contributed by atoms with Gasteiger partial charge < -0.3 is 14.9 Å². The molecule has 22 heavy (non-hydrogen) atoms. The highest BCUT2D eigenvalue weighted by atomic mass is 16.6. The molecule has 0 aromatic carbocycles. The predicted octanol–water partition coefficient (Wildman–Crippen LogP) is 3.09. The van der Waals surface area contributed by atoms with Gasteiger partial charge >= 0.3 is 17.9 Å². The Morgan fingerprint density at radius 2 is 1.50 bits per heavy atom. The Balaban J connectivity index is 4.85. The third kappa shape index (κ3) is 8.00. The molecule has 0 saturated heterocycles. The lowest BCUT2D eigenvalue weighted by atomic mass is 9.87. The average Bonchev–Trinajstić information content (AvgIpc) is 2.33. The molecule has 0 rings (SSSR count). The van der Waals surface area contributed by atoms with Crippen LogP contribution in [0.2, 0.25) is 0 Å². The van der Waals surface area contributed by atoms with Gasteiger partial charge in [-0.2, -0.15) is 0 Å². The Labute approximate surface area is 131 Å². The minimum atomic E-state index is -1.66. The van der Waals surface area contributed by atoms with Gasteiger partial charge in [0.1, 0.15) is 5.60 Å². The maximum absolute atomic E-state index is 12.0. The van der Waals surface area contributed by atoms with Gasteiger partial charge in [-0.3, -0.25) is 14.4 Å². The van der Waals surface area contributed by atoms with Gasteiger partial charge in [-0.25, -0.2) is 0 Å². The summed E-state index contributed by atoms with van der Waals surface area (Å²) in [4.78, 5) is 34.7. The highest BCUT2D eigenvalue weighted by Crippen LogP contribution is 2.24. The molecule has 2 N–H and O–H groups in total. The molecule has 128 valence electrons. The first-order chi connectivity index (χ1) is 10.1. The fourth-order valence-corrected chi connectivity index (χ4v) is 2.20. The third-order valence-electron chi connectivity index (χ3n) is 3.27. The van der Waals surface area contributed by atoms with Crippen molar-refractivity contribution in [1.82, 2.24) is 0 Å². The zero-order valence-corrected chi connectivity index (χ0v) is 13.9. The smallest absolute Gasteiger partial charge is 0.321 e. The lowest BCUT2D eigenvalue weighted by Crippen LogP contribution is -2.40. The number of carbonyl (C=O) groups excluding carboxylic acids is 1.